The molecule has 1 fully saturated rings. The van der Waals surface area contributed by atoms with Gasteiger partial charge >= 0.3 is 0 Å². The van der Waals surface area contributed by atoms with Crippen LogP contribution in [-0.4, -0.2) is 30.6 Å². The molecule has 100 valence electrons. The van der Waals surface area contributed by atoms with Crippen LogP contribution in [0.4, 0.5) is 0 Å². The lowest BCUT2D eigenvalue weighted by Crippen LogP contribution is -2.43. The highest BCUT2D eigenvalue weighted by molar-refractivity contribution is 5.20. The lowest BCUT2D eigenvalue weighted by Gasteiger charge is -2.38. The Labute approximate surface area is 111 Å². The molecule has 0 bridgehead atoms. The second-order valence-corrected chi connectivity index (χ2v) is 5.82. The molecule has 0 aromatic heterocycles. The molecule has 0 amide bonds. The van der Waals surface area contributed by atoms with Crippen LogP contribution in [0.1, 0.15) is 38.2 Å². The monoisotopic (exact) mass is 246 g/mol. The molecule has 1 aromatic rings. The van der Waals surface area contributed by atoms with E-state index in [1.54, 1.807) is 0 Å². The summed E-state index contributed by atoms with van der Waals surface area (Å²) in [5.41, 5.74) is 7.35. The highest BCUT2D eigenvalue weighted by atomic mass is 15.2. The van der Waals surface area contributed by atoms with Crippen molar-refractivity contribution < 1.29 is 0 Å². The molecule has 3 unspecified atom stereocenters. The summed E-state index contributed by atoms with van der Waals surface area (Å²) in [7, 11) is 0. The summed E-state index contributed by atoms with van der Waals surface area (Å²) in [6, 6.07) is 11.4. The third-order valence-electron chi connectivity index (χ3n) is 4.29. The molecule has 2 nitrogen and oxygen atoms in total. The zero-order valence-corrected chi connectivity index (χ0v) is 11.7. The van der Waals surface area contributed by atoms with Gasteiger partial charge in [0, 0.05) is 25.0 Å². The molecule has 18 heavy (non-hydrogen) atoms. The van der Waals surface area contributed by atoms with E-state index >= 15 is 0 Å². The van der Waals surface area contributed by atoms with Gasteiger partial charge in [-0.05, 0) is 37.8 Å². The first kappa shape index (κ1) is 13.6. The summed E-state index contributed by atoms with van der Waals surface area (Å²) in [6.45, 7) is 7.79. The average Bonchev–Trinajstić information content (AvgIpc) is 2.39. The van der Waals surface area contributed by atoms with Crippen molar-refractivity contribution in [2.75, 3.05) is 19.6 Å². The quantitative estimate of drug-likeness (QED) is 0.885. The SMILES string of the molecule is CC1CCN(CC(CN)c2ccccc2)C(C)C1. The van der Waals surface area contributed by atoms with E-state index in [-0.39, 0.29) is 0 Å². The molecule has 1 heterocycles. The van der Waals surface area contributed by atoms with Gasteiger partial charge in [0.25, 0.3) is 0 Å². The van der Waals surface area contributed by atoms with Gasteiger partial charge in [-0.15, -0.1) is 0 Å². The van der Waals surface area contributed by atoms with Crippen molar-refractivity contribution in [2.45, 2.75) is 38.6 Å². The zero-order valence-electron chi connectivity index (χ0n) is 11.7. The van der Waals surface area contributed by atoms with Gasteiger partial charge in [0.1, 0.15) is 0 Å². The molecule has 1 aromatic carbocycles. The molecule has 1 aliphatic rings. The molecule has 1 aliphatic heterocycles. The van der Waals surface area contributed by atoms with Gasteiger partial charge in [-0.1, -0.05) is 37.3 Å². The molecule has 0 radical (unpaired) electrons. The zero-order chi connectivity index (χ0) is 13.0. The van der Waals surface area contributed by atoms with Crippen LogP contribution in [0.3, 0.4) is 0 Å². The number of nitrogens with two attached hydrogens (primary N) is 1. The van der Waals surface area contributed by atoms with Gasteiger partial charge in [-0.25, -0.2) is 0 Å². The lowest BCUT2D eigenvalue weighted by atomic mass is 9.91. The van der Waals surface area contributed by atoms with E-state index in [1.165, 1.54) is 24.9 Å². The minimum Gasteiger partial charge on any atom is -0.330 e. The number of hydrogen-bond acceptors (Lipinski definition) is 2. The van der Waals surface area contributed by atoms with Crippen LogP contribution in [0.15, 0.2) is 30.3 Å². The Kier molecular flexibility index (Phi) is 4.79. The van der Waals surface area contributed by atoms with Gasteiger partial charge in [-0.3, -0.25) is 4.90 Å². The molecule has 3 atom stereocenters. The predicted molar refractivity (Wildman–Crippen MR) is 77.7 cm³/mol. The third kappa shape index (κ3) is 3.33. The number of rotatable bonds is 4. The number of piperidine rings is 1. The van der Waals surface area contributed by atoms with Crippen LogP contribution >= 0.6 is 0 Å². The summed E-state index contributed by atoms with van der Waals surface area (Å²) in [5, 5.41) is 0. The predicted octanol–water partition coefficient (Wildman–Crippen LogP) is 2.85. The summed E-state index contributed by atoms with van der Waals surface area (Å²) >= 11 is 0. The standard InChI is InChI=1S/C16H26N2/c1-13-8-9-18(14(2)10-13)12-16(11-17)15-6-4-3-5-7-15/h3-7,13-14,16H,8-12,17H2,1-2H3. The Bertz CT molecular complexity index is 349. The Morgan fingerprint density at radius 3 is 2.61 bits per heavy atom. The molecule has 0 spiro atoms. The van der Waals surface area contributed by atoms with E-state index in [0.717, 1.165) is 19.0 Å². The van der Waals surface area contributed by atoms with Crippen molar-refractivity contribution in [1.82, 2.24) is 4.90 Å². The highest BCUT2D eigenvalue weighted by Gasteiger charge is 2.25. The van der Waals surface area contributed by atoms with Gasteiger partial charge in [-0.2, -0.15) is 0 Å². The van der Waals surface area contributed by atoms with E-state index in [2.05, 4.69) is 49.1 Å². The normalized spacial score (nSPS) is 27.1. The Morgan fingerprint density at radius 2 is 2.00 bits per heavy atom. The van der Waals surface area contributed by atoms with Crippen molar-refractivity contribution in [3.63, 3.8) is 0 Å². The van der Waals surface area contributed by atoms with Crippen molar-refractivity contribution in [1.29, 1.82) is 0 Å². The number of benzene rings is 1. The van der Waals surface area contributed by atoms with Crippen molar-refractivity contribution in [3.8, 4) is 0 Å². The highest BCUT2D eigenvalue weighted by Crippen LogP contribution is 2.25. The third-order valence-corrected chi connectivity index (χ3v) is 4.29. The smallest absolute Gasteiger partial charge is 0.00889 e. The van der Waals surface area contributed by atoms with E-state index < -0.39 is 0 Å². The summed E-state index contributed by atoms with van der Waals surface area (Å²) in [5.74, 6) is 1.35. The first-order chi connectivity index (χ1) is 8.70. The van der Waals surface area contributed by atoms with Crippen molar-refractivity contribution in [2.24, 2.45) is 11.7 Å². The van der Waals surface area contributed by atoms with E-state index in [9.17, 15) is 0 Å². The van der Waals surface area contributed by atoms with E-state index in [4.69, 9.17) is 5.73 Å². The molecule has 0 saturated carbocycles. The van der Waals surface area contributed by atoms with Gasteiger partial charge in [0.05, 0.1) is 0 Å². The molecule has 0 aliphatic carbocycles. The topological polar surface area (TPSA) is 29.3 Å². The lowest BCUT2D eigenvalue weighted by molar-refractivity contribution is 0.122. The van der Waals surface area contributed by atoms with Crippen LogP contribution in [0, 0.1) is 5.92 Å². The second kappa shape index (κ2) is 6.35. The number of likely N-dealkylation sites (tertiary alicyclic amines) is 1. The first-order valence-corrected chi connectivity index (χ1v) is 7.19. The van der Waals surface area contributed by atoms with Crippen molar-refractivity contribution in [3.05, 3.63) is 35.9 Å². The first-order valence-electron chi connectivity index (χ1n) is 7.19. The van der Waals surface area contributed by atoms with Crippen LogP contribution < -0.4 is 5.73 Å². The van der Waals surface area contributed by atoms with Crippen LogP contribution in [-0.2, 0) is 0 Å². The molecule has 2 heteroatoms. The number of hydrogen-bond donors (Lipinski definition) is 1. The Balaban J connectivity index is 1.98. The molecule has 1 saturated heterocycles. The molecule has 2 N–H and O–H groups in total. The fourth-order valence-electron chi connectivity index (χ4n) is 3.05. The van der Waals surface area contributed by atoms with Crippen molar-refractivity contribution >= 4 is 0 Å². The van der Waals surface area contributed by atoms with Gasteiger partial charge in [0.15, 0.2) is 0 Å². The summed E-state index contributed by atoms with van der Waals surface area (Å²) in [4.78, 5) is 2.62. The van der Waals surface area contributed by atoms with E-state index in [1.807, 2.05) is 0 Å². The number of nitrogens with zero attached hydrogens (tertiary/aromatic N) is 1. The maximum atomic E-state index is 5.97. The Morgan fingerprint density at radius 1 is 1.28 bits per heavy atom. The molecule has 2 rings (SSSR count). The molecular formula is C16H26N2. The van der Waals surface area contributed by atoms with Gasteiger partial charge in [0.2, 0.25) is 0 Å². The maximum Gasteiger partial charge on any atom is 0.00889 e. The molecular weight excluding hydrogens is 220 g/mol. The summed E-state index contributed by atoms with van der Waals surface area (Å²) in [6.07, 6.45) is 2.66. The average molecular weight is 246 g/mol. The summed E-state index contributed by atoms with van der Waals surface area (Å²) < 4.78 is 0. The fourth-order valence-corrected chi connectivity index (χ4v) is 3.05. The minimum atomic E-state index is 0.474. The van der Waals surface area contributed by atoms with Gasteiger partial charge < -0.3 is 5.73 Å². The van der Waals surface area contributed by atoms with Crippen LogP contribution in [0.25, 0.3) is 0 Å². The van der Waals surface area contributed by atoms with Crippen LogP contribution in [0.5, 0.6) is 0 Å². The Hall–Kier alpha value is -0.860. The van der Waals surface area contributed by atoms with E-state index in [0.29, 0.717) is 12.0 Å². The van der Waals surface area contributed by atoms with Crippen LogP contribution in [0.2, 0.25) is 0 Å². The maximum absolute atomic E-state index is 5.97. The largest absolute Gasteiger partial charge is 0.330 e. The fraction of sp³-hybridized carbons (Fsp3) is 0.625. The second-order valence-electron chi connectivity index (χ2n) is 5.82. The minimum absolute atomic E-state index is 0.474.